The predicted octanol–water partition coefficient (Wildman–Crippen LogP) is 2.02. The van der Waals surface area contributed by atoms with E-state index in [0.717, 1.165) is 6.42 Å². The lowest BCUT2D eigenvalue weighted by Crippen LogP contribution is -2.44. The summed E-state index contributed by atoms with van der Waals surface area (Å²) >= 11 is 0. The van der Waals surface area contributed by atoms with Crippen LogP contribution in [0, 0.1) is 5.41 Å². The highest BCUT2D eigenvalue weighted by Crippen LogP contribution is 2.33. The fourth-order valence-corrected chi connectivity index (χ4v) is 2.95. The maximum absolute atomic E-state index is 9.96. The van der Waals surface area contributed by atoms with E-state index in [9.17, 15) is 5.11 Å². The van der Waals surface area contributed by atoms with E-state index >= 15 is 0 Å². The van der Waals surface area contributed by atoms with E-state index in [0.29, 0.717) is 11.5 Å². The fraction of sp³-hybridized carbons (Fsp3) is 1.00. The molecule has 2 aliphatic rings. The van der Waals surface area contributed by atoms with Gasteiger partial charge in [0.1, 0.15) is 0 Å². The van der Waals surface area contributed by atoms with Crippen LogP contribution in [0.25, 0.3) is 0 Å². The second-order valence-electron chi connectivity index (χ2n) is 5.80. The Labute approximate surface area is 87.3 Å². The molecule has 82 valence electrons. The zero-order valence-corrected chi connectivity index (χ0v) is 9.50. The summed E-state index contributed by atoms with van der Waals surface area (Å²) in [4.78, 5) is 2.52. The Morgan fingerprint density at radius 2 is 1.93 bits per heavy atom. The zero-order chi connectivity index (χ0) is 10.2. The Balaban J connectivity index is 1.95. The lowest BCUT2D eigenvalue weighted by Gasteiger charge is -2.35. The Hall–Kier alpha value is -0.0800. The molecule has 1 aliphatic heterocycles. The SMILES string of the molecule is CC1(C)CCN([C@H]2CCCC[C@@H]2O)C1. The van der Waals surface area contributed by atoms with Gasteiger partial charge in [0.15, 0.2) is 0 Å². The third-order valence-corrected chi connectivity index (χ3v) is 3.87. The number of hydrogen-bond donors (Lipinski definition) is 1. The minimum absolute atomic E-state index is 0.0577. The normalized spacial score (nSPS) is 38.8. The van der Waals surface area contributed by atoms with Crippen LogP contribution >= 0.6 is 0 Å². The molecule has 0 bridgehead atoms. The molecule has 1 N–H and O–H groups in total. The molecule has 2 rings (SSSR count). The van der Waals surface area contributed by atoms with Crippen molar-refractivity contribution >= 4 is 0 Å². The number of aliphatic hydroxyl groups excluding tert-OH is 1. The van der Waals surface area contributed by atoms with Gasteiger partial charge >= 0.3 is 0 Å². The van der Waals surface area contributed by atoms with Gasteiger partial charge in [-0.05, 0) is 31.2 Å². The molecule has 0 unspecified atom stereocenters. The van der Waals surface area contributed by atoms with Crippen molar-refractivity contribution in [3.8, 4) is 0 Å². The standard InChI is InChI=1S/C12H23NO/c1-12(2)7-8-13(9-12)10-5-3-4-6-11(10)14/h10-11,14H,3-9H2,1-2H3/t10-,11-/m0/s1. The van der Waals surface area contributed by atoms with Crippen LogP contribution < -0.4 is 0 Å². The van der Waals surface area contributed by atoms with Gasteiger partial charge in [-0.15, -0.1) is 0 Å². The van der Waals surface area contributed by atoms with Crippen molar-refractivity contribution in [2.45, 2.75) is 58.1 Å². The van der Waals surface area contributed by atoms with Crippen LogP contribution in [0.2, 0.25) is 0 Å². The van der Waals surface area contributed by atoms with Crippen molar-refractivity contribution in [1.29, 1.82) is 0 Å². The number of hydrogen-bond acceptors (Lipinski definition) is 2. The van der Waals surface area contributed by atoms with E-state index in [2.05, 4.69) is 18.7 Å². The van der Waals surface area contributed by atoms with Crippen LogP contribution in [0.5, 0.6) is 0 Å². The van der Waals surface area contributed by atoms with E-state index < -0.39 is 0 Å². The molecule has 1 saturated carbocycles. The Morgan fingerprint density at radius 1 is 1.21 bits per heavy atom. The molecular weight excluding hydrogens is 174 g/mol. The van der Waals surface area contributed by atoms with Gasteiger partial charge in [-0.25, -0.2) is 0 Å². The van der Waals surface area contributed by atoms with Gasteiger partial charge in [0.25, 0.3) is 0 Å². The predicted molar refractivity (Wildman–Crippen MR) is 58.2 cm³/mol. The first-order valence-electron chi connectivity index (χ1n) is 6.01. The highest BCUT2D eigenvalue weighted by Gasteiger charge is 2.36. The van der Waals surface area contributed by atoms with Crippen LogP contribution in [0.15, 0.2) is 0 Å². The summed E-state index contributed by atoms with van der Waals surface area (Å²) < 4.78 is 0. The summed E-state index contributed by atoms with van der Waals surface area (Å²) in [5, 5.41) is 9.96. The average Bonchev–Trinajstić information content (AvgIpc) is 2.47. The third kappa shape index (κ3) is 2.12. The second-order valence-corrected chi connectivity index (χ2v) is 5.80. The summed E-state index contributed by atoms with van der Waals surface area (Å²) in [6.45, 7) is 7.04. The van der Waals surface area contributed by atoms with Crippen molar-refractivity contribution in [3.05, 3.63) is 0 Å². The van der Waals surface area contributed by atoms with Gasteiger partial charge in [0, 0.05) is 12.6 Å². The molecule has 2 heteroatoms. The van der Waals surface area contributed by atoms with E-state index in [4.69, 9.17) is 0 Å². The van der Waals surface area contributed by atoms with Gasteiger partial charge < -0.3 is 5.11 Å². The molecule has 0 spiro atoms. The second kappa shape index (κ2) is 3.82. The Morgan fingerprint density at radius 3 is 2.50 bits per heavy atom. The summed E-state index contributed by atoms with van der Waals surface area (Å²) in [5.41, 5.74) is 0.469. The summed E-state index contributed by atoms with van der Waals surface area (Å²) in [5.74, 6) is 0. The lowest BCUT2D eigenvalue weighted by molar-refractivity contribution is 0.0271. The van der Waals surface area contributed by atoms with E-state index in [1.54, 1.807) is 0 Å². The molecule has 0 aromatic carbocycles. The van der Waals surface area contributed by atoms with Crippen molar-refractivity contribution in [2.24, 2.45) is 5.41 Å². The summed E-state index contributed by atoms with van der Waals surface area (Å²) in [7, 11) is 0. The summed E-state index contributed by atoms with van der Waals surface area (Å²) in [6.07, 6.45) is 5.97. The van der Waals surface area contributed by atoms with Crippen LogP contribution in [0.4, 0.5) is 0 Å². The quantitative estimate of drug-likeness (QED) is 0.695. The minimum atomic E-state index is -0.0577. The first-order valence-corrected chi connectivity index (χ1v) is 6.01. The molecule has 1 aliphatic carbocycles. The van der Waals surface area contributed by atoms with Crippen molar-refractivity contribution < 1.29 is 5.11 Å². The number of aliphatic hydroxyl groups is 1. The monoisotopic (exact) mass is 197 g/mol. The average molecular weight is 197 g/mol. The topological polar surface area (TPSA) is 23.5 Å². The molecule has 2 atom stereocenters. The molecular formula is C12H23NO. The van der Waals surface area contributed by atoms with Crippen LogP contribution in [0.3, 0.4) is 0 Å². The smallest absolute Gasteiger partial charge is 0.0695 e. The molecule has 1 saturated heterocycles. The Kier molecular flexibility index (Phi) is 2.85. The zero-order valence-electron chi connectivity index (χ0n) is 9.50. The van der Waals surface area contributed by atoms with Gasteiger partial charge in [-0.1, -0.05) is 26.7 Å². The molecule has 0 amide bonds. The maximum atomic E-state index is 9.96. The van der Waals surface area contributed by atoms with Crippen molar-refractivity contribution in [3.63, 3.8) is 0 Å². The molecule has 0 aromatic rings. The van der Waals surface area contributed by atoms with Gasteiger partial charge in [-0.3, -0.25) is 4.90 Å². The molecule has 2 nitrogen and oxygen atoms in total. The molecule has 1 heterocycles. The fourth-order valence-electron chi connectivity index (χ4n) is 2.95. The van der Waals surface area contributed by atoms with Gasteiger partial charge in [0.2, 0.25) is 0 Å². The third-order valence-electron chi connectivity index (χ3n) is 3.87. The van der Waals surface area contributed by atoms with Crippen LogP contribution in [-0.4, -0.2) is 35.2 Å². The van der Waals surface area contributed by atoms with Gasteiger partial charge in [0.05, 0.1) is 6.10 Å². The highest BCUT2D eigenvalue weighted by atomic mass is 16.3. The molecule has 14 heavy (non-hydrogen) atoms. The summed E-state index contributed by atoms with van der Waals surface area (Å²) in [6, 6.07) is 0.463. The molecule has 0 aromatic heterocycles. The van der Waals surface area contributed by atoms with E-state index in [1.165, 1.54) is 38.8 Å². The van der Waals surface area contributed by atoms with Crippen molar-refractivity contribution in [2.75, 3.05) is 13.1 Å². The molecule has 0 radical (unpaired) electrons. The van der Waals surface area contributed by atoms with E-state index in [1.807, 2.05) is 0 Å². The van der Waals surface area contributed by atoms with Crippen molar-refractivity contribution in [1.82, 2.24) is 4.90 Å². The first kappa shape index (κ1) is 10.4. The highest BCUT2D eigenvalue weighted by molar-refractivity contribution is 4.90. The molecule has 2 fully saturated rings. The lowest BCUT2D eigenvalue weighted by atomic mass is 9.90. The van der Waals surface area contributed by atoms with E-state index in [-0.39, 0.29) is 6.10 Å². The van der Waals surface area contributed by atoms with Gasteiger partial charge in [-0.2, -0.15) is 0 Å². The largest absolute Gasteiger partial charge is 0.391 e. The maximum Gasteiger partial charge on any atom is 0.0695 e. The number of nitrogens with zero attached hydrogens (tertiary/aromatic N) is 1. The number of rotatable bonds is 1. The first-order chi connectivity index (χ1) is 6.58. The minimum Gasteiger partial charge on any atom is -0.391 e. The van der Waals surface area contributed by atoms with Crippen LogP contribution in [-0.2, 0) is 0 Å². The van der Waals surface area contributed by atoms with Crippen LogP contribution in [0.1, 0.15) is 46.0 Å². The Bertz CT molecular complexity index is 202. The number of likely N-dealkylation sites (tertiary alicyclic amines) is 1.